The summed E-state index contributed by atoms with van der Waals surface area (Å²) in [5.74, 6) is -0.302. The van der Waals surface area contributed by atoms with E-state index in [2.05, 4.69) is 5.32 Å². The lowest BCUT2D eigenvalue weighted by molar-refractivity contribution is 0.101. The molecule has 7 heteroatoms. The van der Waals surface area contributed by atoms with Crippen LogP contribution in [0.4, 0.5) is 5.69 Å². The SMILES string of the molecule is Cn1c(C(=O)Nc2ccc(Cn3ccccc3=O)cc2)cc(Cl)c1Cl. The van der Waals surface area contributed by atoms with Crippen molar-refractivity contribution >= 4 is 34.8 Å². The first kappa shape index (κ1) is 17.3. The Bertz CT molecular complexity index is 975. The minimum absolute atomic E-state index is 0.0580. The Morgan fingerprint density at radius 2 is 1.84 bits per heavy atom. The van der Waals surface area contributed by atoms with E-state index in [1.165, 1.54) is 16.7 Å². The molecule has 3 rings (SSSR count). The summed E-state index contributed by atoms with van der Waals surface area (Å²) in [6.45, 7) is 0.469. The number of nitrogens with zero attached hydrogens (tertiary/aromatic N) is 2. The molecule has 128 valence electrons. The van der Waals surface area contributed by atoms with E-state index < -0.39 is 0 Å². The number of amides is 1. The topological polar surface area (TPSA) is 56.0 Å². The minimum Gasteiger partial charge on any atom is -0.329 e. The Balaban J connectivity index is 1.72. The molecule has 1 aromatic carbocycles. The van der Waals surface area contributed by atoms with Gasteiger partial charge in [0.25, 0.3) is 11.5 Å². The minimum atomic E-state index is -0.302. The van der Waals surface area contributed by atoms with Crippen molar-refractivity contribution in [1.82, 2.24) is 9.13 Å². The predicted molar refractivity (Wildman–Crippen MR) is 99.6 cm³/mol. The van der Waals surface area contributed by atoms with Crippen molar-refractivity contribution in [2.75, 3.05) is 5.32 Å². The zero-order valence-corrected chi connectivity index (χ0v) is 14.9. The van der Waals surface area contributed by atoms with Crippen LogP contribution in [0, 0.1) is 0 Å². The molecule has 0 spiro atoms. The van der Waals surface area contributed by atoms with Gasteiger partial charge in [-0.05, 0) is 29.8 Å². The Morgan fingerprint density at radius 1 is 1.12 bits per heavy atom. The van der Waals surface area contributed by atoms with E-state index in [0.717, 1.165) is 5.56 Å². The zero-order chi connectivity index (χ0) is 18.0. The average molecular weight is 376 g/mol. The van der Waals surface area contributed by atoms with E-state index in [4.69, 9.17) is 23.2 Å². The van der Waals surface area contributed by atoms with Crippen LogP contribution in [-0.4, -0.2) is 15.0 Å². The fourth-order valence-corrected chi connectivity index (χ4v) is 2.81. The second-order valence-corrected chi connectivity index (χ2v) is 6.31. The van der Waals surface area contributed by atoms with Crippen molar-refractivity contribution in [3.63, 3.8) is 0 Å². The molecule has 2 aromatic heterocycles. The molecule has 25 heavy (non-hydrogen) atoms. The highest BCUT2D eigenvalue weighted by atomic mass is 35.5. The van der Waals surface area contributed by atoms with Crippen LogP contribution in [0.1, 0.15) is 16.1 Å². The van der Waals surface area contributed by atoms with E-state index in [9.17, 15) is 9.59 Å². The summed E-state index contributed by atoms with van der Waals surface area (Å²) in [5.41, 5.74) is 1.91. The van der Waals surface area contributed by atoms with Gasteiger partial charge in [-0.2, -0.15) is 0 Å². The molecule has 1 N–H and O–H groups in total. The number of carbonyl (C=O) groups is 1. The number of benzene rings is 1. The van der Waals surface area contributed by atoms with Crippen LogP contribution in [0.3, 0.4) is 0 Å². The molecule has 2 heterocycles. The maximum atomic E-state index is 12.3. The molecular weight excluding hydrogens is 361 g/mol. The summed E-state index contributed by atoms with van der Waals surface area (Å²) in [7, 11) is 1.67. The smallest absolute Gasteiger partial charge is 0.272 e. The lowest BCUT2D eigenvalue weighted by Crippen LogP contribution is -2.18. The number of halogens is 2. The van der Waals surface area contributed by atoms with Crippen LogP contribution in [0.2, 0.25) is 10.2 Å². The van der Waals surface area contributed by atoms with Crippen molar-refractivity contribution in [2.24, 2.45) is 7.05 Å². The molecule has 1 amide bonds. The second kappa shape index (κ2) is 7.17. The predicted octanol–water partition coefficient (Wildman–Crippen LogP) is 3.79. The van der Waals surface area contributed by atoms with Crippen LogP contribution in [0.5, 0.6) is 0 Å². The maximum Gasteiger partial charge on any atom is 0.272 e. The fourth-order valence-electron chi connectivity index (χ4n) is 2.44. The van der Waals surface area contributed by atoms with E-state index >= 15 is 0 Å². The third kappa shape index (κ3) is 3.78. The highest BCUT2D eigenvalue weighted by molar-refractivity contribution is 6.42. The van der Waals surface area contributed by atoms with Crippen molar-refractivity contribution in [3.05, 3.63) is 86.5 Å². The molecule has 3 aromatic rings. The van der Waals surface area contributed by atoms with Gasteiger partial charge in [0.05, 0.1) is 11.6 Å². The van der Waals surface area contributed by atoms with E-state index in [1.54, 1.807) is 36.0 Å². The third-order valence-electron chi connectivity index (χ3n) is 3.81. The van der Waals surface area contributed by atoms with Gasteiger partial charge < -0.3 is 14.5 Å². The number of anilines is 1. The first-order valence-electron chi connectivity index (χ1n) is 7.52. The van der Waals surface area contributed by atoms with Crippen molar-refractivity contribution in [2.45, 2.75) is 6.54 Å². The largest absolute Gasteiger partial charge is 0.329 e. The van der Waals surface area contributed by atoms with Crippen LogP contribution >= 0.6 is 23.2 Å². The summed E-state index contributed by atoms with van der Waals surface area (Å²) in [4.78, 5) is 24.1. The molecule has 0 fully saturated rings. The lowest BCUT2D eigenvalue weighted by Gasteiger charge is -2.09. The second-order valence-electron chi connectivity index (χ2n) is 5.55. The standard InChI is InChI=1S/C18H15Cl2N3O2/c1-22-15(10-14(19)17(22)20)18(25)21-13-7-5-12(6-8-13)11-23-9-3-2-4-16(23)24/h2-10H,11H2,1H3,(H,21,25). The number of hydrogen-bond donors (Lipinski definition) is 1. The number of aromatic nitrogens is 2. The van der Waals surface area contributed by atoms with Crippen molar-refractivity contribution < 1.29 is 4.79 Å². The van der Waals surface area contributed by atoms with Crippen LogP contribution in [-0.2, 0) is 13.6 Å². The molecule has 0 aliphatic carbocycles. The molecule has 0 aliphatic rings. The molecule has 0 bridgehead atoms. The summed E-state index contributed by atoms with van der Waals surface area (Å²) in [5, 5.41) is 3.44. The van der Waals surface area contributed by atoms with Gasteiger partial charge in [0.2, 0.25) is 0 Å². The zero-order valence-electron chi connectivity index (χ0n) is 13.4. The van der Waals surface area contributed by atoms with E-state index in [0.29, 0.717) is 28.1 Å². The van der Waals surface area contributed by atoms with Gasteiger partial charge >= 0.3 is 0 Å². The molecular formula is C18H15Cl2N3O2. The van der Waals surface area contributed by atoms with Gasteiger partial charge in [0.1, 0.15) is 10.8 Å². The molecule has 0 unspecified atom stereocenters. The highest BCUT2D eigenvalue weighted by Crippen LogP contribution is 2.25. The summed E-state index contributed by atoms with van der Waals surface area (Å²) < 4.78 is 3.14. The summed E-state index contributed by atoms with van der Waals surface area (Å²) in [6, 6.07) is 13.9. The Morgan fingerprint density at radius 3 is 2.44 bits per heavy atom. The number of rotatable bonds is 4. The maximum absolute atomic E-state index is 12.3. The monoisotopic (exact) mass is 375 g/mol. The van der Waals surface area contributed by atoms with Crippen LogP contribution in [0.25, 0.3) is 0 Å². The molecule has 0 aliphatic heterocycles. The van der Waals surface area contributed by atoms with Gasteiger partial charge in [-0.25, -0.2) is 0 Å². The molecule has 5 nitrogen and oxygen atoms in total. The normalized spacial score (nSPS) is 10.7. The van der Waals surface area contributed by atoms with Crippen LogP contribution in [0.15, 0.2) is 59.5 Å². The summed E-state index contributed by atoms with van der Waals surface area (Å²) >= 11 is 11.9. The van der Waals surface area contributed by atoms with Gasteiger partial charge in [-0.1, -0.05) is 41.4 Å². The van der Waals surface area contributed by atoms with Gasteiger partial charge in [0.15, 0.2) is 0 Å². The van der Waals surface area contributed by atoms with E-state index in [1.807, 2.05) is 18.2 Å². The van der Waals surface area contributed by atoms with Gasteiger partial charge in [-0.3, -0.25) is 9.59 Å². The highest BCUT2D eigenvalue weighted by Gasteiger charge is 2.15. The number of nitrogens with one attached hydrogen (secondary N) is 1. The molecule has 0 saturated carbocycles. The number of hydrogen-bond acceptors (Lipinski definition) is 2. The Labute approximate surface area is 154 Å². The Kier molecular flexibility index (Phi) is 4.97. The van der Waals surface area contributed by atoms with Gasteiger partial charge in [-0.15, -0.1) is 0 Å². The number of pyridine rings is 1. The molecule has 0 saturated heterocycles. The first-order valence-corrected chi connectivity index (χ1v) is 8.28. The summed E-state index contributed by atoms with van der Waals surface area (Å²) in [6.07, 6.45) is 1.74. The van der Waals surface area contributed by atoms with Crippen molar-refractivity contribution in [1.29, 1.82) is 0 Å². The lowest BCUT2D eigenvalue weighted by atomic mass is 10.2. The quantitative estimate of drug-likeness (QED) is 0.753. The molecule has 0 atom stereocenters. The first-order chi connectivity index (χ1) is 12.0. The van der Waals surface area contributed by atoms with Crippen molar-refractivity contribution in [3.8, 4) is 0 Å². The fraction of sp³-hybridized carbons (Fsp3) is 0.111. The van der Waals surface area contributed by atoms with Gasteiger partial charge in [0, 0.05) is 25.0 Å². The molecule has 0 radical (unpaired) electrons. The van der Waals surface area contributed by atoms with E-state index in [-0.39, 0.29) is 11.5 Å². The number of carbonyl (C=O) groups excluding carboxylic acids is 1. The Hall–Kier alpha value is -2.50. The average Bonchev–Trinajstić information content (AvgIpc) is 2.86. The van der Waals surface area contributed by atoms with Crippen LogP contribution < -0.4 is 10.9 Å². The third-order valence-corrected chi connectivity index (χ3v) is 4.65.